The summed E-state index contributed by atoms with van der Waals surface area (Å²) in [6, 6.07) is 12.9. The Morgan fingerprint density at radius 2 is 1.89 bits per heavy atom. The number of hydrogen-bond acceptors (Lipinski definition) is 3. The van der Waals surface area contributed by atoms with Crippen LogP contribution in [0, 0.1) is 13.8 Å². The van der Waals surface area contributed by atoms with Gasteiger partial charge in [-0.25, -0.2) is 4.79 Å². The van der Waals surface area contributed by atoms with Gasteiger partial charge in [0.1, 0.15) is 0 Å². The molecule has 0 aliphatic heterocycles. The topological polar surface area (TPSA) is 84.0 Å². The van der Waals surface area contributed by atoms with Crippen LogP contribution in [-0.2, 0) is 11.3 Å². The minimum Gasteiger partial charge on any atom is -0.350 e. The molecular weight excluding hydrogens is 342 g/mol. The fourth-order valence-electron chi connectivity index (χ4n) is 3.30. The number of amides is 1. The van der Waals surface area contributed by atoms with Crippen LogP contribution in [-0.4, -0.2) is 15.5 Å². The number of aromatic amines is 1. The fourth-order valence-corrected chi connectivity index (χ4v) is 3.30. The van der Waals surface area contributed by atoms with Crippen LogP contribution < -0.4 is 16.6 Å². The summed E-state index contributed by atoms with van der Waals surface area (Å²) in [6.45, 7) is 6.18. The van der Waals surface area contributed by atoms with Gasteiger partial charge in [0.05, 0.1) is 16.9 Å². The number of para-hydroxylation sites is 1. The lowest BCUT2D eigenvalue weighted by Crippen LogP contribution is -2.33. The van der Waals surface area contributed by atoms with Gasteiger partial charge in [-0.3, -0.25) is 19.1 Å². The number of carbonyl (C=O) groups is 1. The third-order valence-corrected chi connectivity index (χ3v) is 4.75. The van der Waals surface area contributed by atoms with Gasteiger partial charge in [-0.15, -0.1) is 0 Å². The highest BCUT2D eigenvalue weighted by atomic mass is 16.2. The van der Waals surface area contributed by atoms with Crippen LogP contribution in [0.4, 0.5) is 0 Å². The van der Waals surface area contributed by atoms with Gasteiger partial charge in [0.15, 0.2) is 0 Å². The van der Waals surface area contributed by atoms with Crippen molar-refractivity contribution < 1.29 is 4.79 Å². The van der Waals surface area contributed by atoms with E-state index in [2.05, 4.69) is 16.4 Å². The van der Waals surface area contributed by atoms with Crippen molar-refractivity contribution in [2.24, 2.45) is 0 Å². The smallest absolute Gasteiger partial charge is 0.328 e. The number of nitrogens with zero attached hydrogens (tertiary/aromatic N) is 1. The summed E-state index contributed by atoms with van der Waals surface area (Å²) in [5.41, 5.74) is 2.95. The number of fused-ring (bicyclic) bond motifs is 1. The van der Waals surface area contributed by atoms with E-state index >= 15 is 0 Å². The molecule has 0 fully saturated rings. The second kappa shape index (κ2) is 7.61. The Morgan fingerprint density at radius 1 is 1.15 bits per heavy atom. The molecule has 1 aromatic heterocycles. The maximum Gasteiger partial charge on any atom is 0.328 e. The van der Waals surface area contributed by atoms with Gasteiger partial charge in [0.25, 0.3) is 5.56 Å². The number of hydrogen-bond donors (Lipinski definition) is 2. The van der Waals surface area contributed by atoms with Crippen LogP contribution in [0.25, 0.3) is 10.9 Å². The van der Waals surface area contributed by atoms with Crippen LogP contribution in [0.2, 0.25) is 0 Å². The maximum atomic E-state index is 12.4. The molecule has 1 heterocycles. The summed E-state index contributed by atoms with van der Waals surface area (Å²) in [5.74, 6) is -0.148. The van der Waals surface area contributed by atoms with Crippen molar-refractivity contribution in [2.75, 3.05) is 0 Å². The fraction of sp³-hybridized carbons (Fsp3) is 0.286. The van der Waals surface area contributed by atoms with Crippen molar-refractivity contribution in [1.29, 1.82) is 0 Å². The zero-order valence-electron chi connectivity index (χ0n) is 15.7. The van der Waals surface area contributed by atoms with Gasteiger partial charge in [0, 0.05) is 13.0 Å². The quantitative estimate of drug-likeness (QED) is 0.729. The van der Waals surface area contributed by atoms with Gasteiger partial charge in [-0.2, -0.15) is 0 Å². The van der Waals surface area contributed by atoms with E-state index in [0.717, 1.165) is 16.7 Å². The van der Waals surface area contributed by atoms with E-state index in [1.807, 2.05) is 32.9 Å². The molecule has 1 amide bonds. The molecule has 27 heavy (non-hydrogen) atoms. The first-order chi connectivity index (χ1) is 12.9. The van der Waals surface area contributed by atoms with Crippen LogP contribution in [0.15, 0.2) is 52.1 Å². The molecule has 0 spiro atoms. The first-order valence-electron chi connectivity index (χ1n) is 8.95. The number of aryl methyl sites for hydroxylation is 3. The normalized spacial score (nSPS) is 12.1. The highest BCUT2D eigenvalue weighted by molar-refractivity contribution is 5.79. The predicted octanol–water partition coefficient (Wildman–Crippen LogP) is 2.57. The number of carbonyl (C=O) groups excluding carboxylic acids is 1. The van der Waals surface area contributed by atoms with Crippen molar-refractivity contribution in [3.63, 3.8) is 0 Å². The number of benzene rings is 2. The van der Waals surface area contributed by atoms with Crippen molar-refractivity contribution in [3.8, 4) is 0 Å². The highest BCUT2D eigenvalue weighted by Gasteiger charge is 2.13. The molecule has 2 aromatic carbocycles. The largest absolute Gasteiger partial charge is 0.350 e. The van der Waals surface area contributed by atoms with Gasteiger partial charge >= 0.3 is 5.69 Å². The van der Waals surface area contributed by atoms with Crippen molar-refractivity contribution >= 4 is 16.8 Å². The lowest BCUT2D eigenvalue weighted by atomic mass is 10.00. The molecule has 0 saturated carbocycles. The molecule has 0 aliphatic rings. The Bertz CT molecular complexity index is 1110. The van der Waals surface area contributed by atoms with E-state index in [1.165, 1.54) is 4.57 Å². The zero-order valence-corrected chi connectivity index (χ0v) is 15.7. The van der Waals surface area contributed by atoms with E-state index in [1.54, 1.807) is 24.3 Å². The number of H-pyrrole nitrogens is 1. The summed E-state index contributed by atoms with van der Waals surface area (Å²) in [7, 11) is 0. The van der Waals surface area contributed by atoms with Gasteiger partial charge < -0.3 is 5.32 Å². The molecule has 6 heteroatoms. The number of rotatable bonds is 5. The summed E-state index contributed by atoms with van der Waals surface area (Å²) in [4.78, 5) is 38.8. The van der Waals surface area contributed by atoms with Crippen molar-refractivity contribution in [1.82, 2.24) is 14.9 Å². The lowest BCUT2D eigenvalue weighted by molar-refractivity contribution is -0.121. The van der Waals surface area contributed by atoms with E-state index in [9.17, 15) is 14.4 Å². The molecule has 0 bridgehead atoms. The molecule has 0 radical (unpaired) electrons. The molecular formula is C21H23N3O3. The van der Waals surface area contributed by atoms with E-state index in [4.69, 9.17) is 0 Å². The average molecular weight is 365 g/mol. The minimum atomic E-state index is -0.505. The molecule has 1 unspecified atom stereocenters. The SMILES string of the molecule is Cc1ccc(C)c(C(C)NC(=O)CCn2c(=O)[nH]c(=O)c3ccccc32)c1. The second-order valence-corrected chi connectivity index (χ2v) is 6.83. The van der Waals surface area contributed by atoms with Crippen molar-refractivity contribution in [3.05, 3.63) is 80.0 Å². The van der Waals surface area contributed by atoms with Gasteiger partial charge in [0.2, 0.25) is 5.91 Å². The van der Waals surface area contributed by atoms with Crippen LogP contribution >= 0.6 is 0 Å². The zero-order chi connectivity index (χ0) is 19.6. The first kappa shape index (κ1) is 18.6. The Kier molecular flexibility index (Phi) is 5.26. The predicted molar refractivity (Wildman–Crippen MR) is 106 cm³/mol. The Balaban J connectivity index is 1.75. The molecule has 6 nitrogen and oxygen atoms in total. The summed E-state index contributed by atoms with van der Waals surface area (Å²) in [6.07, 6.45) is 0.144. The lowest BCUT2D eigenvalue weighted by Gasteiger charge is -2.18. The monoisotopic (exact) mass is 365 g/mol. The maximum absolute atomic E-state index is 12.4. The summed E-state index contributed by atoms with van der Waals surface area (Å²) in [5, 5.41) is 3.42. The third-order valence-electron chi connectivity index (χ3n) is 4.75. The average Bonchev–Trinajstić information content (AvgIpc) is 2.63. The third kappa shape index (κ3) is 4.00. The standard InChI is InChI=1S/C21H23N3O3/c1-13-8-9-14(2)17(12-13)15(3)22-19(25)10-11-24-18-7-5-4-6-16(18)20(26)23-21(24)27/h4-9,12,15H,10-11H2,1-3H3,(H,22,25)(H,23,26,27). The molecule has 1 atom stereocenters. The van der Waals surface area contributed by atoms with Crippen LogP contribution in [0.3, 0.4) is 0 Å². The number of aromatic nitrogens is 2. The Labute approximate surface area is 156 Å². The molecule has 0 saturated heterocycles. The molecule has 2 N–H and O–H groups in total. The van der Waals surface area contributed by atoms with E-state index in [0.29, 0.717) is 10.9 Å². The second-order valence-electron chi connectivity index (χ2n) is 6.83. The van der Waals surface area contributed by atoms with E-state index in [-0.39, 0.29) is 24.9 Å². The van der Waals surface area contributed by atoms with Gasteiger partial charge in [-0.1, -0.05) is 35.9 Å². The molecule has 3 rings (SSSR count). The van der Waals surface area contributed by atoms with E-state index < -0.39 is 11.2 Å². The molecule has 0 aliphatic carbocycles. The van der Waals surface area contributed by atoms with Crippen LogP contribution in [0.5, 0.6) is 0 Å². The molecule has 3 aromatic rings. The highest BCUT2D eigenvalue weighted by Crippen LogP contribution is 2.19. The van der Waals surface area contributed by atoms with Gasteiger partial charge in [-0.05, 0) is 44.0 Å². The van der Waals surface area contributed by atoms with Crippen molar-refractivity contribution in [2.45, 2.75) is 39.8 Å². The first-order valence-corrected chi connectivity index (χ1v) is 8.95. The summed E-state index contributed by atoms with van der Waals surface area (Å²) >= 11 is 0. The summed E-state index contributed by atoms with van der Waals surface area (Å²) < 4.78 is 1.43. The Morgan fingerprint density at radius 3 is 2.67 bits per heavy atom. The molecule has 140 valence electrons. The number of nitrogens with one attached hydrogen (secondary N) is 2. The van der Waals surface area contributed by atoms with Crippen LogP contribution in [0.1, 0.15) is 36.1 Å². The minimum absolute atomic E-state index is 0.124. The Hall–Kier alpha value is -3.15.